The fourth-order valence-electron chi connectivity index (χ4n) is 3.48. The molecule has 1 aliphatic heterocycles. The third-order valence-electron chi connectivity index (χ3n) is 4.69. The van der Waals surface area contributed by atoms with Crippen LogP contribution in [-0.4, -0.2) is 22.7 Å². The first-order valence-corrected chi connectivity index (χ1v) is 8.79. The van der Waals surface area contributed by atoms with Crippen molar-refractivity contribution in [2.75, 3.05) is 6.61 Å². The minimum atomic E-state index is -0.795. The first kappa shape index (κ1) is 17.7. The number of hydrogen-bond acceptors (Lipinski definition) is 6. The summed E-state index contributed by atoms with van der Waals surface area (Å²) in [5, 5.41) is 10.3. The molecule has 0 saturated heterocycles. The van der Waals surface area contributed by atoms with Crippen molar-refractivity contribution in [3.05, 3.63) is 81.5 Å². The van der Waals surface area contributed by atoms with Crippen molar-refractivity contribution in [1.82, 2.24) is 4.98 Å². The summed E-state index contributed by atoms with van der Waals surface area (Å²) >= 11 is 0. The quantitative estimate of drug-likeness (QED) is 0.603. The number of carbonyl (C=O) groups is 1. The topological polar surface area (TPSA) is 115 Å². The molecule has 0 radical (unpaired) electrons. The number of nitrogens with one attached hydrogen (secondary N) is 1. The Morgan fingerprint density at radius 3 is 2.64 bits per heavy atom. The summed E-state index contributed by atoms with van der Waals surface area (Å²) in [5.41, 5.74) is 7.26. The standard InChI is InChI=1S/C21H18N2O5/c1-2-27-21(26)17-15(11-7-9-12(24)10-8-11)16-18(28-19(17)22)13-5-3-4-6-14(13)23-20(16)25/h3-10,15,24H,2,22H2,1H3,(H,23,25)/t15-/m1/s1. The Morgan fingerprint density at radius 1 is 1.21 bits per heavy atom. The summed E-state index contributed by atoms with van der Waals surface area (Å²) in [6, 6.07) is 13.4. The van der Waals surface area contributed by atoms with Crippen LogP contribution in [-0.2, 0) is 9.53 Å². The van der Waals surface area contributed by atoms with E-state index < -0.39 is 11.9 Å². The van der Waals surface area contributed by atoms with Crippen LogP contribution >= 0.6 is 0 Å². The monoisotopic (exact) mass is 378 g/mol. The van der Waals surface area contributed by atoms with Crippen LogP contribution in [0.2, 0.25) is 0 Å². The molecule has 2 heterocycles. The van der Waals surface area contributed by atoms with E-state index in [0.717, 1.165) is 0 Å². The van der Waals surface area contributed by atoms with Crippen LogP contribution in [0.3, 0.4) is 0 Å². The predicted octanol–water partition coefficient (Wildman–Crippen LogP) is 2.49. The zero-order valence-corrected chi connectivity index (χ0v) is 15.1. The van der Waals surface area contributed by atoms with E-state index in [1.54, 1.807) is 37.3 Å². The second kappa shape index (κ2) is 6.77. The van der Waals surface area contributed by atoms with Gasteiger partial charge in [0.2, 0.25) is 5.88 Å². The normalized spacial score (nSPS) is 15.8. The molecule has 0 saturated carbocycles. The Balaban J connectivity index is 2.03. The number of H-pyrrole nitrogens is 1. The maximum atomic E-state index is 13.0. The van der Waals surface area contributed by atoms with Gasteiger partial charge in [0.1, 0.15) is 17.1 Å². The van der Waals surface area contributed by atoms with Crippen LogP contribution < -0.4 is 16.0 Å². The van der Waals surface area contributed by atoms with Crippen molar-refractivity contribution in [1.29, 1.82) is 0 Å². The smallest absolute Gasteiger partial charge is 0.340 e. The summed E-state index contributed by atoms with van der Waals surface area (Å²) in [5.74, 6) is -1.19. The highest BCUT2D eigenvalue weighted by molar-refractivity contribution is 5.95. The van der Waals surface area contributed by atoms with E-state index in [1.807, 2.05) is 6.07 Å². The van der Waals surface area contributed by atoms with Crippen molar-refractivity contribution < 1.29 is 19.4 Å². The fraction of sp³-hybridized carbons (Fsp3) is 0.143. The lowest BCUT2D eigenvalue weighted by Crippen LogP contribution is -2.32. The average molecular weight is 378 g/mol. The summed E-state index contributed by atoms with van der Waals surface area (Å²) in [7, 11) is 0. The van der Waals surface area contributed by atoms with E-state index in [2.05, 4.69) is 4.98 Å². The van der Waals surface area contributed by atoms with Crippen LogP contribution in [0.15, 0.2) is 64.8 Å². The van der Waals surface area contributed by atoms with Gasteiger partial charge in [-0.05, 0) is 36.8 Å². The zero-order chi connectivity index (χ0) is 19.8. The maximum Gasteiger partial charge on any atom is 0.340 e. The van der Waals surface area contributed by atoms with E-state index in [1.165, 1.54) is 12.1 Å². The Hall–Kier alpha value is -3.74. The number of ether oxygens (including phenoxy) is 2. The minimum absolute atomic E-state index is 0.0563. The molecular weight excluding hydrogens is 360 g/mol. The predicted molar refractivity (Wildman–Crippen MR) is 103 cm³/mol. The van der Waals surface area contributed by atoms with Gasteiger partial charge in [0.05, 0.1) is 23.6 Å². The molecule has 4 rings (SSSR count). The highest BCUT2D eigenvalue weighted by atomic mass is 16.5. The molecule has 7 nitrogen and oxygen atoms in total. The summed E-state index contributed by atoms with van der Waals surface area (Å²) in [6.07, 6.45) is 0. The molecule has 2 aromatic carbocycles. The summed E-state index contributed by atoms with van der Waals surface area (Å²) in [6.45, 7) is 1.83. The van der Waals surface area contributed by atoms with Gasteiger partial charge in [0, 0.05) is 5.39 Å². The molecule has 1 aromatic heterocycles. The van der Waals surface area contributed by atoms with Gasteiger partial charge in [-0.2, -0.15) is 0 Å². The number of aromatic amines is 1. The van der Waals surface area contributed by atoms with Gasteiger partial charge in [-0.25, -0.2) is 4.79 Å². The lowest BCUT2D eigenvalue weighted by molar-refractivity contribution is -0.139. The van der Waals surface area contributed by atoms with Gasteiger partial charge < -0.3 is 25.3 Å². The lowest BCUT2D eigenvalue weighted by Gasteiger charge is -2.28. The lowest BCUT2D eigenvalue weighted by atomic mass is 9.83. The van der Waals surface area contributed by atoms with E-state index in [-0.39, 0.29) is 34.9 Å². The van der Waals surface area contributed by atoms with Crippen LogP contribution in [0, 0.1) is 0 Å². The maximum absolute atomic E-state index is 13.0. The molecule has 0 amide bonds. The average Bonchev–Trinajstić information content (AvgIpc) is 2.68. The number of benzene rings is 2. The molecule has 3 aromatic rings. The van der Waals surface area contributed by atoms with E-state index in [0.29, 0.717) is 22.2 Å². The number of hydrogen-bond donors (Lipinski definition) is 3. The molecule has 7 heteroatoms. The number of pyridine rings is 1. The van der Waals surface area contributed by atoms with E-state index in [9.17, 15) is 14.7 Å². The SMILES string of the molecule is CCOC(=O)C1=C(N)Oc2c(c(=O)[nH]c3ccccc23)[C@H]1c1ccc(O)cc1. The third-order valence-corrected chi connectivity index (χ3v) is 4.69. The Morgan fingerprint density at radius 2 is 1.93 bits per heavy atom. The number of phenolic OH excluding ortho intramolecular Hbond substituents is 1. The summed E-state index contributed by atoms with van der Waals surface area (Å²) in [4.78, 5) is 28.4. The van der Waals surface area contributed by atoms with Crippen molar-refractivity contribution in [3.8, 4) is 11.5 Å². The Bertz CT molecular complexity index is 1160. The van der Waals surface area contributed by atoms with Crippen molar-refractivity contribution in [2.24, 2.45) is 5.73 Å². The van der Waals surface area contributed by atoms with Gasteiger partial charge in [-0.1, -0.05) is 24.3 Å². The number of phenols is 1. The molecule has 28 heavy (non-hydrogen) atoms. The molecule has 1 aliphatic rings. The van der Waals surface area contributed by atoms with E-state index >= 15 is 0 Å². The largest absolute Gasteiger partial charge is 0.508 e. The summed E-state index contributed by atoms with van der Waals surface area (Å²) < 4.78 is 10.9. The van der Waals surface area contributed by atoms with Crippen LogP contribution in [0.5, 0.6) is 11.5 Å². The molecule has 0 spiro atoms. The number of carbonyl (C=O) groups excluding carboxylic acids is 1. The molecule has 0 fully saturated rings. The van der Waals surface area contributed by atoms with Crippen molar-refractivity contribution in [3.63, 3.8) is 0 Å². The number of rotatable bonds is 3. The second-order valence-corrected chi connectivity index (χ2v) is 6.37. The number of esters is 1. The fourth-order valence-corrected chi connectivity index (χ4v) is 3.48. The first-order chi connectivity index (χ1) is 13.5. The second-order valence-electron chi connectivity index (χ2n) is 6.37. The van der Waals surface area contributed by atoms with Gasteiger partial charge in [-0.3, -0.25) is 4.79 Å². The van der Waals surface area contributed by atoms with Gasteiger partial charge >= 0.3 is 5.97 Å². The number of aromatic hydroxyl groups is 1. The number of fused-ring (bicyclic) bond motifs is 3. The van der Waals surface area contributed by atoms with Crippen LogP contribution in [0.25, 0.3) is 10.9 Å². The van der Waals surface area contributed by atoms with E-state index in [4.69, 9.17) is 15.2 Å². The molecule has 1 atom stereocenters. The molecule has 4 N–H and O–H groups in total. The number of nitrogens with two attached hydrogens (primary N) is 1. The van der Waals surface area contributed by atoms with Gasteiger partial charge in [0.15, 0.2) is 0 Å². The molecular formula is C21H18N2O5. The first-order valence-electron chi connectivity index (χ1n) is 8.79. The molecule has 0 aliphatic carbocycles. The highest BCUT2D eigenvalue weighted by Gasteiger charge is 2.38. The number of para-hydroxylation sites is 1. The number of aromatic nitrogens is 1. The molecule has 0 bridgehead atoms. The third kappa shape index (κ3) is 2.77. The van der Waals surface area contributed by atoms with Gasteiger partial charge in [0.25, 0.3) is 5.56 Å². The Kier molecular flexibility index (Phi) is 4.27. The van der Waals surface area contributed by atoms with Crippen molar-refractivity contribution >= 4 is 16.9 Å². The van der Waals surface area contributed by atoms with Crippen LogP contribution in [0.4, 0.5) is 0 Å². The van der Waals surface area contributed by atoms with Gasteiger partial charge in [-0.15, -0.1) is 0 Å². The van der Waals surface area contributed by atoms with Crippen LogP contribution in [0.1, 0.15) is 24.0 Å². The molecule has 142 valence electrons. The Labute approximate surface area is 160 Å². The minimum Gasteiger partial charge on any atom is -0.508 e. The van der Waals surface area contributed by atoms with Crippen molar-refractivity contribution in [2.45, 2.75) is 12.8 Å². The highest BCUT2D eigenvalue weighted by Crippen LogP contribution is 2.43. The molecule has 0 unspecified atom stereocenters. The zero-order valence-electron chi connectivity index (χ0n) is 15.1.